The molecule has 13 nitrogen and oxygen atoms in total. The number of carbonyl (C=O) groups excluding carboxylic acids is 2. The van der Waals surface area contributed by atoms with Crippen molar-refractivity contribution in [3.63, 3.8) is 0 Å². The van der Waals surface area contributed by atoms with Gasteiger partial charge in [0.2, 0.25) is 0 Å². The number of allylic oxidation sites excluding steroid dienone is 18. The zero-order valence-electron chi connectivity index (χ0n) is 37.6. The lowest BCUT2D eigenvalue weighted by Crippen LogP contribution is -2.64. The summed E-state index contributed by atoms with van der Waals surface area (Å²) in [6, 6.07) is 0. The molecular formula is C49H77O13P. The molecule has 1 aliphatic carbocycles. The second-order valence-corrected chi connectivity index (χ2v) is 16.5. The highest BCUT2D eigenvalue weighted by molar-refractivity contribution is 7.47. The van der Waals surface area contributed by atoms with Crippen LogP contribution in [-0.2, 0) is 32.7 Å². The molecule has 1 aliphatic rings. The van der Waals surface area contributed by atoms with Crippen LogP contribution in [-0.4, -0.2) is 98.3 Å². The van der Waals surface area contributed by atoms with Gasteiger partial charge in [-0.1, -0.05) is 136 Å². The van der Waals surface area contributed by atoms with Crippen molar-refractivity contribution < 1.29 is 63.1 Å². The van der Waals surface area contributed by atoms with Crippen molar-refractivity contribution in [1.29, 1.82) is 0 Å². The Balaban J connectivity index is 2.54. The fourth-order valence-corrected chi connectivity index (χ4v) is 6.99. The number of carbonyl (C=O) groups is 2. The molecule has 0 radical (unpaired) electrons. The van der Waals surface area contributed by atoms with Gasteiger partial charge in [0.05, 0.1) is 6.61 Å². The first-order chi connectivity index (χ1) is 30.4. The first-order valence-corrected chi connectivity index (χ1v) is 24.2. The molecule has 356 valence electrons. The molecule has 6 atom stereocenters. The average molecular weight is 905 g/mol. The maximum atomic E-state index is 12.8. The molecule has 0 saturated heterocycles. The van der Waals surface area contributed by atoms with Crippen LogP contribution in [0.1, 0.15) is 129 Å². The molecule has 6 unspecified atom stereocenters. The molecule has 0 bridgehead atoms. The number of aliphatic hydroxyl groups is 5. The summed E-state index contributed by atoms with van der Waals surface area (Å²) in [4.78, 5) is 35.7. The van der Waals surface area contributed by atoms with Crippen molar-refractivity contribution in [3.05, 3.63) is 109 Å². The van der Waals surface area contributed by atoms with Crippen LogP contribution in [0.2, 0.25) is 0 Å². The highest BCUT2D eigenvalue weighted by Gasteiger charge is 2.51. The van der Waals surface area contributed by atoms with Crippen LogP contribution in [0.4, 0.5) is 0 Å². The summed E-state index contributed by atoms with van der Waals surface area (Å²) in [6.45, 7) is 2.98. The van der Waals surface area contributed by atoms with Crippen molar-refractivity contribution in [2.24, 2.45) is 0 Å². The van der Waals surface area contributed by atoms with Gasteiger partial charge >= 0.3 is 19.8 Å². The third kappa shape index (κ3) is 30.3. The Hall–Kier alpha value is -3.49. The predicted octanol–water partition coefficient (Wildman–Crippen LogP) is 8.83. The van der Waals surface area contributed by atoms with Gasteiger partial charge in [-0.15, -0.1) is 0 Å². The Morgan fingerprint density at radius 3 is 1.33 bits per heavy atom. The first kappa shape index (κ1) is 57.5. The molecule has 0 amide bonds. The van der Waals surface area contributed by atoms with E-state index < -0.39 is 75.7 Å². The fourth-order valence-electron chi connectivity index (χ4n) is 6.02. The van der Waals surface area contributed by atoms with Crippen molar-refractivity contribution in [2.45, 2.75) is 172 Å². The van der Waals surface area contributed by atoms with E-state index in [-0.39, 0.29) is 12.8 Å². The van der Waals surface area contributed by atoms with E-state index >= 15 is 0 Å². The SMILES string of the molecule is CC/C=C\C/C=C\C/C=C\C/C=C\C/C=C\CCCC(=O)OC(COC(=O)CCCCCC/C=C\C/C=C\C/C=C\C/C=C\CC)COP(=O)(O)OC1C(O)C(O)C(O)C(O)C1O. The summed E-state index contributed by atoms with van der Waals surface area (Å²) in [6.07, 6.45) is 38.6. The van der Waals surface area contributed by atoms with E-state index in [0.29, 0.717) is 19.3 Å². The van der Waals surface area contributed by atoms with Gasteiger partial charge in [0.25, 0.3) is 0 Å². The van der Waals surface area contributed by atoms with E-state index in [9.17, 15) is 44.6 Å². The summed E-state index contributed by atoms with van der Waals surface area (Å²) < 4.78 is 33.4. The van der Waals surface area contributed by atoms with Gasteiger partial charge in [0.1, 0.15) is 43.2 Å². The minimum atomic E-state index is -5.15. The molecule has 0 aliphatic heterocycles. The summed E-state index contributed by atoms with van der Waals surface area (Å²) in [5.74, 6) is -1.21. The number of rotatable bonds is 35. The molecule has 1 fully saturated rings. The van der Waals surface area contributed by atoms with Gasteiger partial charge in [0, 0.05) is 12.8 Å². The lowest BCUT2D eigenvalue weighted by molar-refractivity contribution is -0.220. The third-order valence-corrected chi connectivity index (χ3v) is 10.6. The highest BCUT2D eigenvalue weighted by atomic mass is 31.2. The maximum Gasteiger partial charge on any atom is 0.472 e. The molecule has 0 aromatic rings. The highest BCUT2D eigenvalue weighted by Crippen LogP contribution is 2.47. The van der Waals surface area contributed by atoms with Gasteiger partial charge in [0.15, 0.2) is 6.10 Å². The van der Waals surface area contributed by atoms with Gasteiger partial charge in [-0.05, 0) is 89.9 Å². The van der Waals surface area contributed by atoms with Crippen molar-refractivity contribution in [3.8, 4) is 0 Å². The average Bonchev–Trinajstić information content (AvgIpc) is 3.26. The quantitative estimate of drug-likeness (QED) is 0.0152. The normalized spacial score (nSPS) is 22.7. The van der Waals surface area contributed by atoms with Crippen LogP contribution in [0.3, 0.4) is 0 Å². The van der Waals surface area contributed by atoms with Crippen molar-refractivity contribution in [1.82, 2.24) is 0 Å². The summed E-state index contributed by atoms with van der Waals surface area (Å²) in [7, 11) is -5.15. The first-order valence-electron chi connectivity index (χ1n) is 22.7. The van der Waals surface area contributed by atoms with E-state index in [1.54, 1.807) is 0 Å². The molecule has 0 spiro atoms. The molecular weight excluding hydrogens is 828 g/mol. The van der Waals surface area contributed by atoms with Crippen molar-refractivity contribution in [2.75, 3.05) is 13.2 Å². The number of esters is 2. The number of phosphoric acid groups is 1. The smallest absolute Gasteiger partial charge is 0.462 e. The second kappa shape index (κ2) is 37.8. The van der Waals surface area contributed by atoms with Gasteiger partial charge in [-0.2, -0.15) is 0 Å². The third-order valence-electron chi connectivity index (χ3n) is 9.61. The lowest BCUT2D eigenvalue weighted by Gasteiger charge is -2.41. The Bertz CT molecular complexity index is 1510. The number of hydrogen-bond acceptors (Lipinski definition) is 12. The molecule has 1 rings (SSSR count). The molecule has 6 N–H and O–H groups in total. The lowest BCUT2D eigenvalue weighted by atomic mass is 9.85. The van der Waals surface area contributed by atoms with Crippen LogP contribution in [0.25, 0.3) is 0 Å². The van der Waals surface area contributed by atoms with Crippen LogP contribution in [0, 0.1) is 0 Å². The molecule has 0 heterocycles. The molecule has 1 saturated carbocycles. The number of ether oxygens (including phenoxy) is 2. The molecule has 0 aromatic carbocycles. The molecule has 14 heteroatoms. The van der Waals surface area contributed by atoms with Gasteiger partial charge in [-0.3, -0.25) is 18.6 Å². The van der Waals surface area contributed by atoms with E-state index in [0.717, 1.165) is 83.5 Å². The number of aliphatic hydroxyl groups excluding tert-OH is 5. The van der Waals surface area contributed by atoms with Crippen molar-refractivity contribution >= 4 is 19.8 Å². The second-order valence-electron chi connectivity index (χ2n) is 15.1. The van der Waals surface area contributed by atoms with E-state index in [2.05, 4.69) is 111 Å². The Morgan fingerprint density at radius 1 is 0.492 bits per heavy atom. The number of unbranched alkanes of at least 4 members (excludes halogenated alkanes) is 5. The van der Waals surface area contributed by atoms with Crippen LogP contribution in [0.15, 0.2) is 109 Å². The van der Waals surface area contributed by atoms with Gasteiger partial charge < -0.3 is 39.9 Å². The summed E-state index contributed by atoms with van der Waals surface area (Å²) in [5, 5.41) is 50.1. The minimum Gasteiger partial charge on any atom is -0.462 e. The molecule has 63 heavy (non-hydrogen) atoms. The van der Waals surface area contributed by atoms with E-state index in [1.165, 1.54) is 0 Å². The predicted molar refractivity (Wildman–Crippen MR) is 248 cm³/mol. The zero-order valence-corrected chi connectivity index (χ0v) is 38.5. The topological polar surface area (TPSA) is 210 Å². The summed E-state index contributed by atoms with van der Waals surface area (Å²) >= 11 is 0. The largest absolute Gasteiger partial charge is 0.472 e. The molecule has 0 aromatic heterocycles. The minimum absolute atomic E-state index is 0.00547. The maximum absolute atomic E-state index is 12.8. The number of phosphoric ester groups is 1. The van der Waals surface area contributed by atoms with Gasteiger partial charge in [-0.25, -0.2) is 4.57 Å². The van der Waals surface area contributed by atoms with E-state index in [1.807, 2.05) is 12.2 Å². The Morgan fingerprint density at radius 2 is 0.873 bits per heavy atom. The van der Waals surface area contributed by atoms with Crippen LogP contribution in [0.5, 0.6) is 0 Å². The Kier molecular flexibility index (Phi) is 34.6. The summed E-state index contributed by atoms with van der Waals surface area (Å²) in [5.41, 5.74) is 0. The monoisotopic (exact) mass is 905 g/mol. The van der Waals surface area contributed by atoms with E-state index in [4.69, 9.17) is 18.5 Å². The van der Waals surface area contributed by atoms with Crippen LogP contribution < -0.4 is 0 Å². The standard InChI is InChI=1S/C49H77O13P/c1-3-5-7-9-11-13-15-17-19-21-23-25-27-29-31-33-35-37-42(50)59-39-41(40-60-63(57,58)62-49-47(55)45(53)44(52)46(54)48(49)56)61-43(51)38-36-34-32-30-28-26-24-22-20-18-16-14-12-10-8-6-4-2/h5-8,11-14,17-20,23-26,30,32,41,44-49,52-56H,3-4,9-10,15-16,21-22,27-29,31,33-40H2,1-2H3,(H,57,58)/b7-5-,8-6-,13-11-,14-12-,19-17-,20-18-,25-23-,26-24-,32-30-. The van der Waals surface area contributed by atoms with Crippen LogP contribution >= 0.6 is 7.82 Å². The number of hydrogen-bond donors (Lipinski definition) is 6. The zero-order chi connectivity index (χ0) is 46.4. The fraction of sp³-hybridized carbons (Fsp3) is 0.592. The Labute approximate surface area is 376 Å².